The lowest BCUT2D eigenvalue weighted by molar-refractivity contribution is 0.0636. The van der Waals surface area contributed by atoms with E-state index in [4.69, 9.17) is 9.47 Å². The molecular weight excluding hydrogens is 320 g/mol. The summed E-state index contributed by atoms with van der Waals surface area (Å²) in [6.45, 7) is 6.16. The minimum Gasteiger partial charge on any atom is -0.455 e. The van der Waals surface area contributed by atoms with Crippen molar-refractivity contribution in [3.63, 3.8) is 0 Å². The molecule has 2 aromatic rings. The number of nitrogens with zero attached hydrogens (tertiary/aromatic N) is 2. The third kappa shape index (κ3) is 4.12. The van der Waals surface area contributed by atoms with Crippen LogP contribution in [0.2, 0.25) is 0 Å². The van der Waals surface area contributed by atoms with Crippen molar-refractivity contribution in [3.05, 3.63) is 36.5 Å². The Morgan fingerprint density at radius 3 is 2.64 bits per heavy atom. The SMILES string of the molecule is CN1CNc2c(Oc3ccc(NC(=O)OC(C)(C)C)cc3)ccnc21. The molecule has 25 heavy (non-hydrogen) atoms. The zero-order chi connectivity index (χ0) is 18.0. The van der Waals surface area contributed by atoms with E-state index in [1.165, 1.54) is 0 Å². The lowest BCUT2D eigenvalue weighted by atomic mass is 10.2. The van der Waals surface area contributed by atoms with Gasteiger partial charge in [-0.15, -0.1) is 0 Å². The van der Waals surface area contributed by atoms with Gasteiger partial charge in [0.05, 0.1) is 6.67 Å². The van der Waals surface area contributed by atoms with Crippen LogP contribution in [0.25, 0.3) is 0 Å². The summed E-state index contributed by atoms with van der Waals surface area (Å²) in [7, 11) is 1.97. The Balaban J connectivity index is 1.67. The Hall–Kier alpha value is -2.96. The molecule has 1 aromatic heterocycles. The van der Waals surface area contributed by atoms with E-state index < -0.39 is 11.7 Å². The van der Waals surface area contributed by atoms with Gasteiger partial charge in [-0.3, -0.25) is 5.32 Å². The summed E-state index contributed by atoms with van der Waals surface area (Å²) in [5, 5.41) is 5.95. The topological polar surface area (TPSA) is 75.7 Å². The number of carbonyl (C=O) groups is 1. The van der Waals surface area contributed by atoms with Crippen molar-refractivity contribution >= 4 is 23.3 Å². The van der Waals surface area contributed by atoms with Gasteiger partial charge < -0.3 is 19.7 Å². The van der Waals surface area contributed by atoms with E-state index in [0.29, 0.717) is 23.9 Å². The molecule has 0 spiro atoms. The molecular formula is C18H22N4O3. The zero-order valence-electron chi connectivity index (χ0n) is 14.8. The maximum Gasteiger partial charge on any atom is 0.412 e. The van der Waals surface area contributed by atoms with E-state index in [2.05, 4.69) is 15.6 Å². The van der Waals surface area contributed by atoms with Gasteiger partial charge in [0.25, 0.3) is 0 Å². The maximum atomic E-state index is 11.8. The predicted molar refractivity (Wildman–Crippen MR) is 97.5 cm³/mol. The van der Waals surface area contributed by atoms with Crippen LogP contribution >= 0.6 is 0 Å². The molecule has 0 saturated carbocycles. The molecule has 0 radical (unpaired) electrons. The Morgan fingerprint density at radius 1 is 1.24 bits per heavy atom. The summed E-state index contributed by atoms with van der Waals surface area (Å²) in [6.07, 6.45) is 1.23. The highest BCUT2D eigenvalue weighted by atomic mass is 16.6. The molecule has 1 aromatic carbocycles. The number of aromatic nitrogens is 1. The van der Waals surface area contributed by atoms with Crippen LogP contribution in [0.1, 0.15) is 20.8 Å². The van der Waals surface area contributed by atoms with E-state index in [1.807, 2.05) is 38.8 Å². The Morgan fingerprint density at radius 2 is 1.96 bits per heavy atom. The smallest absolute Gasteiger partial charge is 0.412 e. The molecule has 1 aliphatic rings. The van der Waals surface area contributed by atoms with Crippen LogP contribution in [0, 0.1) is 0 Å². The van der Waals surface area contributed by atoms with Gasteiger partial charge in [0, 0.05) is 25.0 Å². The van der Waals surface area contributed by atoms with Crippen LogP contribution in [0.3, 0.4) is 0 Å². The van der Waals surface area contributed by atoms with Crippen LogP contribution in [-0.4, -0.2) is 30.4 Å². The number of hydrogen-bond donors (Lipinski definition) is 2. The highest BCUT2D eigenvalue weighted by Crippen LogP contribution is 2.38. The van der Waals surface area contributed by atoms with Crippen molar-refractivity contribution in [1.29, 1.82) is 0 Å². The second-order valence-corrected chi connectivity index (χ2v) is 6.79. The number of pyridine rings is 1. The van der Waals surface area contributed by atoms with E-state index in [-0.39, 0.29) is 0 Å². The van der Waals surface area contributed by atoms with Crippen LogP contribution in [0.5, 0.6) is 11.5 Å². The van der Waals surface area contributed by atoms with Crippen LogP contribution < -0.4 is 20.3 Å². The Bertz CT molecular complexity index is 769. The summed E-state index contributed by atoms with van der Waals surface area (Å²) in [6, 6.07) is 8.93. The monoisotopic (exact) mass is 342 g/mol. The molecule has 2 N–H and O–H groups in total. The average Bonchev–Trinajstić information content (AvgIpc) is 2.90. The van der Waals surface area contributed by atoms with Crippen molar-refractivity contribution in [2.24, 2.45) is 0 Å². The fourth-order valence-corrected chi connectivity index (χ4v) is 2.40. The molecule has 0 unspecified atom stereocenters. The lowest BCUT2D eigenvalue weighted by Crippen LogP contribution is -2.27. The van der Waals surface area contributed by atoms with Crippen molar-refractivity contribution < 1.29 is 14.3 Å². The normalized spacial score (nSPS) is 13.0. The van der Waals surface area contributed by atoms with Gasteiger partial charge in [-0.25, -0.2) is 9.78 Å². The quantitative estimate of drug-likeness (QED) is 0.877. The molecule has 0 bridgehead atoms. The number of fused-ring (bicyclic) bond motifs is 1. The molecule has 2 heterocycles. The van der Waals surface area contributed by atoms with Crippen molar-refractivity contribution in [3.8, 4) is 11.5 Å². The largest absolute Gasteiger partial charge is 0.455 e. The summed E-state index contributed by atoms with van der Waals surface area (Å²) < 4.78 is 11.2. The summed E-state index contributed by atoms with van der Waals surface area (Å²) >= 11 is 0. The van der Waals surface area contributed by atoms with E-state index in [1.54, 1.807) is 30.5 Å². The molecule has 0 atom stereocenters. The molecule has 7 heteroatoms. The molecule has 7 nitrogen and oxygen atoms in total. The maximum absolute atomic E-state index is 11.8. The summed E-state index contributed by atoms with van der Waals surface area (Å²) in [4.78, 5) is 18.1. The highest BCUT2D eigenvalue weighted by molar-refractivity contribution is 5.85. The number of ether oxygens (including phenoxy) is 2. The molecule has 132 valence electrons. The Labute approximate surface area is 147 Å². The number of benzene rings is 1. The van der Waals surface area contributed by atoms with Gasteiger partial charge in [0.15, 0.2) is 11.6 Å². The second kappa shape index (κ2) is 6.51. The first-order valence-electron chi connectivity index (χ1n) is 8.04. The summed E-state index contributed by atoms with van der Waals surface area (Å²) in [5.74, 6) is 2.24. The van der Waals surface area contributed by atoms with Gasteiger partial charge in [-0.2, -0.15) is 0 Å². The zero-order valence-corrected chi connectivity index (χ0v) is 14.8. The number of anilines is 3. The third-order valence-electron chi connectivity index (χ3n) is 3.47. The molecule has 1 aliphatic heterocycles. The minimum absolute atomic E-state index is 0.486. The number of hydrogen-bond acceptors (Lipinski definition) is 6. The number of rotatable bonds is 3. The van der Waals surface area contributed by atoms with Crippen LogP contribution in [0.4, 0.5) is 22.0 Å². The number of amides is 1. The third-order valence-corrected chi connectivity index (χ3v) is 3.47. The highest BCUT2D eigenvalue weighted by Gasteiger charge is 2.21. The van der Waals surface area contributed by atoms with Gasteiger partial charge in [-0.1, -0.05) is 0 Å². The number of nitrogens with one attached hydrogen (secondary N) is 2. The molecule has 3 rings (SSSR count). The van der Waals surface area contributed by atoms with Gasteiger partial charge in [0.1, 0.15) is 17.0 Å². The first kappa shape index (κ1) is 16.9. The van der Waals surface area contributed by atoms with Gasteiger partial charge in [0.2, 0.25) is 0 Å². The number of carbonyl (C=O) groups excluding carboxylic acids is 1. The van der Waals surface area contributed by atoms with E-state index in [0.717, 1.165) is 11.5 Å². The minimum atomic E-state index is -0.533. The first-order valence-corrected chi connectivity index (χ1v) is 8.04. The molecule has 0 fully saturated rings. The fourth-order valence-electron chi connectivity index (χ4n) is 2.40. The van der Waals surface area contributed by atoms with Gasteiger partial charge in [-0.05, 0) is 45.0 Å². The fraction of sp³-hybridized carbons (Fsp3) is 0.333. The van der Waals surface area contributed by atoms with Crippen molar-refractivity contribution in [2.45, 2.75) is 26.4 Å². The lowest BCUT2D eigenvalue weighted by Gasteiger charge is -2.19. The summed E-state index contributed by atoms with van der Waals surface area (Å²) in [5.41, 5.74) is 0.982. The average molecular weight is 342 g/mol. The van der Waals surface area contributed by atoms with Crippen LogP contribution in [0.15, 0.2) is 36.5 Å². The van der Waals surface area contributed by atoms with Crippen LogP contribution in [-0.2, 0) is 4.74 Å². The van der Waals surface area contributed by atoms with E-state index in [9.17, 15) is 4.79 Å². The first-order chi connectivity index (χ1) is 11.8. The standard InChI is InChI=1S/C18H22N4O3/c1-18(2,3)25-17(23)21-12-5-7-13(8-6-12)24-14-9-10-19-16-15(14)20-11-22(16)4/h5-10,20H,11H2,1-4H3,(H,21,23). The van der Waals surface area contributed by atoms with Crippen molar-refractivity contribution in [1.82, 2.24) is 4.98 Å². The molecule has 0 aliphatic carbocycles. The van der Waals surface area contributed by atoms with Crippen molar-refractivity contribution in [2.75, 3.05) is 29.2 Å². The molecule has 0 saturated heterocycles. The predicted octanol–water partition coefficient (Wildman–Crippen LogP) is 4.04. The van der Waals surface area contributed by atoms with E-state index >= 15 is 0 Å². The Kier molecular flexibility index (Phi) is 4.39. The van der Waals surface area contributed by atoms with Gasteiger partial charge >= 0.3 is 6.09 Å². The second-order valence-electron chi connectivity index (χ2n) is 6.79. The molecule has 1 amide bonds.